The minimum Gasteiger partial charge on any atom is -0.320 e. The van der Waals surface area contributed by atoms with Crippen molar-refractivity contribution in [2.75, 3.05) is 5.32 Å². The van der Waals surface area contributed by atoms with Gasteiger partial charge in [-0.2, -0.15) is 0 Å². The smallest absolute Gasteiger partial charge is 0.274 e. The Balaban J connectivity index is 1.70. The van der Waals surface area contributed by atoms with Gasteiger partial charge >= 0.3 is 0 Å². The van der Waals surface area contributed by atoms with Crippen molar-refractivity contribution in [3.05, 3.63) is 65.7 Å². The summed E-state index contributed by atoms with van der Waals surface area (Å²) in [5.74, 6) is -0.151. The molecule has 0 radical (unpaired) electrons. The Morgan fingerprint density at radius 1 is 0.957 bits per heavy atom. The number of rotatable bonds is 2. The Labute approximate surface area is 134 Å². The lowest BCUT2D eigenvalue weighted by Gasteiger charge is -2.17. The van der Waals surface area contributed by atoms with E-state index in [2.05, 4.69) is 15.3 Å². The average molecular weight is 303 g/mol. The molecule has 2 aromatic carbocycles. The van der Waals surface area contributed by atoms with Gasteiger partial charge in [-0.3, -0.25) is 4.79 Å². The summed E-state index contributed by atoms with van der Waals surface area (Å²) < 4.78 is 0. The molecule has 1 heterocycles. The monoisotopic (exact) mass is 303 g/mol. The fourth-order valence-corrected chi connectivity index (χ4v) is 3.23. The molecular weight excluding hydrogens is 286 g/mol. The van der Waals surface area contributed by atoms with E-state index < -0.39 is 0 Å². The molecule has 1 aliphatic rings. The first-order valence-corrected chi connectivity index (χ1v) is 7.95. The highest BCUT2D eigenvalue weighted by atomic mass is 16.1. The highest BCUT2D eigenvalue weighted by Crippen LogP contribution is 2.25. The van der Waals surface area contributed by atoms with Crippen LogP contribution in [0, 0.1) is 0 Å². The number of aromatic nitrogens is 2. The summed E-state index contributed by atoms with van der Waals surface area (Å²) in [6, 6.07) is 13.9. The lowest BCUT2D eigenvalue weighted by Crippen LogP contribution is -2.20. The third kappa shape index (κ3) is 2.57. The summed E-state index contributed by atoms with van der Waals surface area (Å²) in [6.45, 7) is 0. The molecular formula is C19H17N3O. The van der Waals surface area contributed by atoms with Crippen LogP contribution in [-0.4, -0.2) is 15.9 Å². The number of benzene rings is 2. The van der Waals surface area contributed by atoms with Gasteiger partial charge in [0, 0.05) is 22.3 Å². The topological polar surface area (TPSA) is 54.9 Å². The van der Waals surface area contributed by atoms with Crippen molar-refractivity contribution in [3.63, 3.8) is 0 Å². The number of nitrogens with zero attached hydrogens (tertiary/aromatic N) is 2. The van der Waals surface area contributed by atoms with Gasteiger partial charge in [0.2, 0.25) is 0 Å². The molecule has 1 amide bonds. The first-order valence-electron chi connectivity index (χ1n) is 7.95. The molecule has 3 aromatic rings. The van der Waals surface area contributed by atoms with E-state index >= 15 is 0 Å². The second kappa shape index (κ2) is 5.80. The Bertz CT molecular complexity index is 883. The molecule has 0 fully saturated rings. The Hall–Kier alpha value is -2.75. The van der Waals surface area contributed by atoms with Crippen LogP contribution >= 0.6 is 0 Å². The molecule has 1 aromatic heterocycles. The lowest BCUT2D eigenvalue weighted by atomic mass is 9.94. The average Bonchev–Trinajstić information content (AvgIpc) is 2.61. The summed E-state index contributed by atoms with van der Waals surface area (Å²) >= 11 is 0. The molecule has 0 atom stereocenters. The Morgan fingerprint density at radius 3 is 2.74 bits per heavy atom. The van der Waals surface area contributed by atoms with Crippen molar-refractivity contribution >= 4 is 22.4 Å². The Morgan fingerprint density at radius 2 is 1.78 bits per heavy atom. The maximum absolute atomic E-state index is 12.7. The highest BCUT2D eigenvalue weighted by molar-refractivity contribution is 6.08. The van der Waals surface area contributed by atoms with Gasteiger partial charge in [-0.05, 0) is 37.1 Å². The van der Waals surface area contributed by atoms with Gasteiger partial charge in [0.15, 0.2) is 0 Å². The number of nitrogens with one attached hydrogen (secondary N) is 1. The van der Waals surface area contributed by atoms with Crippen LogP contribution in [0.4, 0.5) is 5.69 Å². The number of carbonyl (C=O) groups excluding carboxylic acids is 1. The van der Waals surface area contributed by atoms with Crippen molar-refractivity contribution in [3.8, 4) is 0 Å². The fraction of sp³-hybridized carbons (Fsp3) is 0.211. The van der Waals surface area contributed by atoms with Crippen molar-refractivity contribution in [1.29, 1.82) is 0 Å². The summed E-state index contributed by atoms with van der Waals surface area (Å²) in [7, 11) is 0. The molecule has 4 heteroatoms. The Kier molecular flexibility index (Phi) is 3.50. The number of fused-ring (bicyclic) bond motifs is 2. The van der Waals surface area contributed by atoms with Gasteiger partial charge in [0.1, 0.15) is 12.0 Å². The van der Waals surface area contributed by atoms with Gasteiger partial charge in [-0.25, -0.2) is 9.97 Å². The molecule has 23 heavy (non-hydrogen) atoms. The second-order valence-electron chi connectivity index (χ2n) is 5.84. The van der Waals surface area contributed by atoms with E-state index in [0.717, 1.165) is 53.4 Å². The largest absolute Gasteiger partial charge is 0.320 e. The predicted octanol–water partition coefficient (Wildman–Crippen LogP) is 3.76. The first kappa shape index (κ1) is 13.9. The van der Waals surface area contributed by atoms with Gasteiger partial charge < -0.3 is 5.32 Å². The molecule has 114 valence electrons. The van der Waals surface area contributed by atoms with Crippen LogP contribution in [-0.2, 0) is 12.8 Å². The SMILES string of the molecule is O=C(Nc1cccc2ccccc12)c1ncnc2c1CCCC2. The minimum atomic E-state index is -0.151. The maximum Gasteiger partial charge on any atom is 0.274 e. The van der Waals surface area contributed by atoms with E-state index in [4.69, 9.17) is 0 Å². The van der Waals surface area contributed by atoms with E-state index in [-0.39, 0.29) is 5.91 Å². The van der Waals surface area contributed by atoms with Crippen molar-refractivity contribution in [2.45, 2.75) is 25.7 Å². The zero-order chi connectivity index (χ0) is 15.6. The molecule has 0 saturated carbocycles. The summed E-state index contributed by atoms with van der Waals surface area (Å²) in [5, 5.41) is 5.16. The molecule has 0 aliphatic heterocycles. The number of carbonyl (C=O) groups is 1. The molecule has 1 aliphatic carbocycles. The lowest BCUT2D eigenvalue weighted by molar-refractivity contribution is 0.102. The third-order valence-electron chi connectivity index (χ3n) is 4.38. The normalized spacial score (nSPS) is 13.6. The summed E-state index contributed by atoms with van der Waals surface area (Å²) in [5.41, 5.74) is 3.37. The van der Waals surface area contributed by atoms with Gasteiger partial charge in [-0.1, -0.05) is 36.4 Å². The quantitative estimate of drug-likeness (QED) is 0.784. The number of anilines is 1. The van der Waals surface area contributed by atoms with Gasteiger partial charge in [0.05, 0.1) is 0 Å². The number of hydrogen-bond donors (Lipinski definition) is 1. The molecule has 0 bridgehead atoms. The minimum absolute atomic E-state index is 0.151. The standard InChI is InChI=1S/C19H17N3O/c23-19(18-15-9-3-4-10-16(15)20-12-21-18)22-17-11-5-7-13-6-1-2-8-14(13)17/h1-2,5-8,11-12H,3-4,9-10H2,(H,22,23). The van der Waals surface area contributed by atoms with E-state index in [1.165, 1.54) is 6.33 Å². The van der Waals surface area contributed by atoms with Gasteiger partial charge in [0.25, 0.3) is 5.91 Å². The van der Waals surface area contributed by atoms with Crippen LogP contribution in [0.3, 0.4) is 0 Å². The van der Waals surface area contributed by atoms with E-state index in [1.54, 1.807) is 0 Å². The van der Waals surface area contributed by atoms with Crippen molar-refractivity contribution in [1.82, 2.24) is 9.97 Å². The van der Waals surface area contributed by atoms with E-state index in [0.29, 0.717) is 5.69 Å². The predicted molar refractivity (Wildman–Crippen MR) is 90.6 cm³/mol. The van der Waals surface area contributed by atoms with Crippen LogP contribution in [0.1, 0.15) is 34.6 Å². The van der Waals surface area contributed by atoms with Crippen LogP contribution in [0.2, 0.25) is 0 Å². The van der Waals surface area contributed by atoms with Crippen LogP contribution in [0.5, 0.6) is 0 Å². The maximum atomic E-state index is 12.7. The number of hydrogen-bond acceptors (Lipinski definition) is 3. The summed E-state index contributed by atoms with van der Waals surface area (Å²) in [6.07, 6.45) is 5.55. The molecule has 4 rings (SSSR count). The van der Waals surface area contributed by atoms with E-state index in [1.807, 2.05) is 42.5 Å². The van der Waals surface area contributed by atoms with Crippen LogP contribution < -0.4 is 5.32 Å². The second-order valence-corrected chi connectivity index (χ2v) is 5.84. The van der Waals surface area contributed by atoms with Crippen molar-refractivity contribution in [2.24, 2.45) is 0 Å². The number of aryl methyl sites for hydroxylation is 1. The highest BCUT2D eigenvalue weighted by Gasteiger charge is 2.20. The third-order valence-corrected chi connectivity index (χ3v) is 4.38. The molecule has 4 nitrogen and oxygen atoms in total. The molecule has 0 saturated heterocycles. The zero-order valence-corrected chi connectivity index (χ0v) is 12.7. The van der Waals surface area contributed by atoms with Crippen LogP contribution in [0.25, 0.3) is 10.8 Å². The molecule has 0 unspecified atom stereocenters. The fourth-order valence-electron chi connectivity index (χ4n) is 3.23. The van der Waals surface area contributed by atoms with Crippen molar-refractivity contribution < 1.29 is 4.79 Å². The first-order chi connectivity index (χ1) is 11.3. The zero-order valence-electron chi connectivity index (χ0n) is 12.7. The van der Waals surface area contributed by atoms with Crippen LogP contribution in [0.15, 0.2) is 48.8 Å². The van der Waals surface area contributed by atoms with E-state index in [9.17, 15) is 4.79 Å². The summed E-state index contributed by atoms with van der Waals surface area (Å²) in [4.78, 5) is 21.3. The molecule has 0 spiro atoms. The molecule has 1 N–H and O–H groups in total. The number of amides is 1. The van der Waals surface area contributed by atoms with Gasteiger partial charge in [-0.15, -0.1) is 0 Å².